The fourth-order valence-electron chi connectivity index (χ4n) is 4.88. The molecule has 2 atom stereocenters. The molecule has 0 saturated carbocycles. The van der Waals surface area contributed by atoms with Crippen molar-refractivity contribution in [3.63, 3.8) is 0 Å². The van der Waals surface area contributed by atoms with Crippen LogP contribution in [0.5, 0.6) is 0 Å². The summed E-state index contributed by atoms with van der Waals surface area (Å²) in [5.41, 5.74) is 4.45. The summed E-state index contributed by atoms with van der Waals surface area (Å²) < 4.78 is 7.32. The summed E-state index contributed by atoms with van der Waals surface area (Å²) in [4.78, 5) is 29.4. The number of carbonyl (C=O) groups is 2. The van der Waals surface area contributed by atoms with E-state index in [4.69, 9.17) is 4.74 Å². The van der Waals surface area contributed by atoms with Crippen LogP contribution in [0.25, 0.3) is 11.0 Å². The highest BCUT2D eigenvalue weighted by Crippen LogP contribution is 2.24. The van der Waals surface area contributed by atoms with Crippen LogP contribution in [0.1, 0.15) is 35.6 Å². The molecule has 5 rings (SSSR count). The Hall–Kier alpha value is -4.04. The first-order valence-corrected chi connectivity index (χ1v) is 13.2. The van der Waals surface area contributed by atoms with Gasteiger partial charge in [-0.05, 0) is 49.4 Å². The Morgan fingerprint density at radius 2 is 1.82 bits per heavy atom. The van der Waals surface area contributed by atoms with Crippen LogP contribution >= 0.6 is 0 Å². The van der Waals surface area contributed by atoms with E-state index in [1.165, 1.54) is 0 Å². The Labute approximate surface area is 222 Å². The number of nitrogens with zero attached hydrogens (tertiary/aromatic N) is 4. The third kappa shape index (κ3) is 6.08. The maximum absolute atomic E-state index is 14.0. The topological polar surface area (TPSA) is 89.4 Å². The number of benzene rings is 3. The summed E-state index contributed by atoms with van der Waals surface area (Å²) in [6.45, 7) is 3.51. The number of hydrogen-bond acceptors (Lipinski definition) is 5. The first-order valence-electron chi connectivity index (χ1n) is 13.2. The molecular formula is C30H33N5O3. The Balaban J connectivity index is 1.45. The Bertz CT molecular complexity index is 1360. The van der Waals surface area contributed by atoms with Crippen molar-refractivity contribution in [2.24, 2.45) is 0 Å². The van der Waals surface area contributed by atoms with E-state index >= 15 is 0 Å². The van der Waals surface area contributed by atoms with Gasteiger partial charge >= 0.3 is 0 Å². The van der Waals surface area contributed by atoms with Crippen molar-refractivity contribution in [1.29, 1.82) is 0 Å². The van der Waals surface area contributed by atoms with Crippen LogP contribution in [0.2, 0.25) is 0 Å². The summed E-state index contributed by atoms with van der Waals surface area (Å²) in [7, 11) is 0. The number of fused-ring (bicyclic) bond motifs is 1. The predicted molar refractivity (Wildman–Crippen MR) is 145 cm³/mol. The Morgan fingerprint density at radius 3 is 2.58 bits per heavy atom. The van der Waals surface area contributed by atoms with Crippen LogP contribution in [0.15, 0.2) is 78.9 Å². The highest BCUT2D eigenvalue weighted by Gasteiger charge is 2.32. The number of ether oxygens (including phenoxy) is 1. The van der Waals surface area contributed by atoms with Gasteiger partial charge in [0.05, 0.1) is 11.6 Å². The van der Waals surface area contributed by atoms with Gasteiger partial charge in [0.15, 0.2) is 0 Å². The lowest BCUT2D eigenvalue weighted by Gasteiger charge is -2.32. The largest absolute Gasteiger partial charge is 0.376 e. The number of carbonyl (C=O) groups excluding carboxylic acids is 2. The number of aryl methyl sites for hydroxylation is 1. The molecule has 8 nitrogen and oxygen atoms in total. The first kappa shape index (κ1) is 25.6. The predicted octanol–water partition coefficient (Wildman–Crippen LogP) is 3.85. The first-order chi connectivity index (χ1) is 18.6. The van der Waals surface area contributed by atoms with Gasteiger partial charge in [-0.2, -0.15) is 0 Å². The van der Waals surface area contributed by atoms with Gasteiger partial charge in [-0.15, -0.1) is 5.10 Å². The summed E-state index contributed by atoms with van der Waals surface area (Å²) in [5, 5.41) is 11.5. The lowest BCUT2D eigenvalue weighted by molar-refractivity contribution is -0.141. The molecule has 2 heterocycles. The molecule has 3 aromatic carbocycles. The molecule has 1 aliphatic heterocycles. The zero-order chi connectivity index (χ0) is 26.3. The molecule has 1 fully saturated rings. The molecule has 1 N–H and O–H groups in total. The fraction of sp³-hybridized carbons (Fsp3) is 0.333. The van der Waals surface area contributed by atoms with Gasteiger partial charge in [0.2, 0.25) is 11.8 Å². The van der Waals surface area contributed by atoms with E-state index in [-0.39, 0.29) is 24.5 Å². The van der Waals surface area contributed by atoms with E-state index in [1.807, 2.05) is 85.8 Å². The van der Waals surface area contributed by atoms with Crippen molar-refractivity contribution in [3.8, 4) is 0 Å². The average Bonchev–Trinajstić information content (AvgIpc) is 3.61. The summed E-state index contributed by atoms with van der Waals surface area (Å²) >= 11 is 0. The second-order valence-electron chi connectivity index (χ2n) is 9.75. The molecule has 0 spiro atoms. The lowest BCUT2D eigenvalue weighted by atomic mass is 10.0. The minimum absolute atomic E-state index is 0.00704. The number of para-hydroxylation sites is 1. The number of hydrogen-bond donors (Lipinski definition) is 1. The summed E-state index contributed by atoms with van der Waals surface area (Å²) in [5.74, 6) is -0.413. The lowest BCUT2D eigenvalue weighted by Crippen LogP contribution is -2.47. The molecule has 2 unspecified atom stereocenters. The van der Waals surface area contributed by atoms with Gasteiger partial charge in [-0.3, -0.25) is 9.59 Å². The number of nitrogens with one attached hydrogen (secondary N) is 1. The molecule has 8 heteroatoms. The Kier molecular flexibility index (Phi) is 8.09. The van der Waals surface area contributed by atoms with Crippen molar-refractivity contribution in [2.45, 2.75) is 44.9 Å². The fourth-order valence-corrected chi connectivity index (χ4v) is 4.88. The highest BCUT2D eigenvalue weighted by atomic mass is 16.5. The molecule has 2 amide bonds. The third-order valence-corrected chi connectivity index (χ3v) is 6.99. The maximum atomic E-state index is 14.0. The minimum Gasteiger partial charge on any atom is -0.376 e. The molecule has 1 aromatic heterocycles. The van der Waals surface area contributed by atoms with Crippen molar-refractivity contribution < 1.29 is 14.3 Å². The molecule has 0 radical (unpaired) electrons. The van der Waals surface area contributed by atoms with Gasteiger partial charge in [0, 0.05) is 19.7 Å². The maximum Gasteiger partial charge on any atom is 0.247 e. The highest BCUT2D eigenvalue weighted by molar-refractivity contribution is 5.89. The smallest absolute Gasteiger partial charge is 0.247 e. The van der Waals surface area contributed by atoms with Crippen molar-refractivity contribution in [3.05, 3.63) is 95.6 Å². The van der Waals surface area contributed by atoms with Crippen LogP contribution in [-0.4, -0.2) is 57.5 Å². The van der Waals surface area contributed by atoms with Crippen LogP contribution < -0.4 is 5.32 Å². The van der Waals surface area contributed by atoms with Crippen molar-refractivity contribution in [2.75, 3.05) is 19.7 Å². The molecule has 196 valence electrons. The van der Waals surface area contributed by atoms with Crippen molar-refractivity contribution in [1.82, 2.24) is 25.2 Å². The van der Waals surface area contributed by atoms with Crippen molar-refractivity contribution >= 4 is 22.8 Å². The van der Waals surface area contributed by atoms with Gasteiger partial charge in [-0.1, -0.05) is 77.5 Å². The summed E-state index contributed by atoms with van der Waals surface area (Å²) in [6.07, 6.45) is 2.54. The summed E-state index contributed by atoms with van der Waals surface area (Å²) in [6, 6.07) is 24.6. The van der Waals surface area contributed by atoms with Gasteiger partial charge < -0.3 is 15.0 Å². The minimum atomic E-state index is -0.789. The van der Waals surface area contributed by atoms with Gasteiger partial charge in [0.1, 0.15) is 18.1 Å². The molecular weight excluding hydrogens is 478 g/mol. The molecule has 38 heavy (non-hydrogen) atoms. The van der Waals surface area contributed by atoms with E-state index in [2.05, 4.69) is 15.6 Å². The molecule has 1 aliphatic rings. The quantitative estimate of drug-likeness (QED) is 0.349. The van der Waals surface area contributed by atoms with E-state index in [9.17, 15) is 9.59 Å². The Morgan fingerprint density at radius 1 is 1.05 bits per heavy atom. The number of aromatic nitrogens is 3. The van der Waals surface area contributed by atoms with E-state index in [0.29, 0.717) is 19.5 Å². The van der Waals surface area contributed by atoms with E-state index in [0.717, 1.165) is 47.2 Å². The van der Waals surface area contributed by atoms with Gasteiger partial charge in [0.25, 0.3) is 0 Å². The molecule has 4 aromatic rings. The third-order valence-electron chi connectivity index (χ3n) is 6.99. The molecule has 0 bridgehead atoms. The number of amides is 2. The SMILES string of the molecule is Cc1ccc(C(C(=O)NCC2CCCO2)N(CCc2ccccc2)C(=O)Cn2nnc3ccccc32)cc1. The second-order valence-corrected chi connectivity index (χ2v) is 9.75. The molecule has 1 saturated heterocycles. The number of rotatable bonds is 10. The van der Waals surface area contributed by atoms with E-state index < -0.39 is 6.04 Å². The van der Waals surface area contributed by atoms with Crippen LogP contribution in [-0.2, 0) is 27.3 Å². The van der Waals surface area contributed by atoms with Crippen LogP contribution in [0, 0.1) is 6.92 Å². The zero-order valence-corrected chi connectivity index (χ0v) is 21.6. The standard InChI is InChI=1S/C30H33N5O3/c1-22-13-15-24(16-14-22)29(30(37)31-20-25-10-7-19-38-25)34(18-17-23-8-3-2-4-9-23)28(36)21-35-27-12-6-5-11-26(27)32-33-35/h2-6,8-9,11-16,25,29H,7,10,17-21H2,1H3,(H,31,37). The average molecular weight is 512 g/mol. The molecule has 0 aliphatic carbocycles. The second kappa shape index (κ2) is 12.0. The van der Waals surface area contributed by atoms with Gasteiger partial charge in [-0.25, -0.2) is 4.68 Å². The monoisotopic (exact) mass is 511 g/mol. The van der Waals surface area contributed by atoms with Crippen LogP contribution in [0.4, 0.5) is 0 Å². The normalized spacial score (nSPS) is 15.9. The van der Waals surface area contributed by atoms with E-state index in [1.54, 1.807) is 9.58 Å². The zero-order valence-electron chi connectivity index (χ0n) is 21.6. The van der Waals surface area contributed by atoms with Crippen LogP contribution in [0.3, 0.4) is 0 Å².